The van der Waals surface area contributed by atoms with Gasteiger partial charge in [0, 0.05) is 43.9 Å². The zero-order chi connectivity index (χ0) is 29.1. The zero-order valence-electron chi connectivity index (χ0n) is 22.6. The van der Waals surface area contributed by atoms with Crippen molar-refractivity contribution in [1.82, 2.24) is 9.80 Å². The first-order valence-corrected chi connectivity index (χ1v) is 13.6. The third-order valence-corrected chi connectivity index (χ3v) is 7.63. The number of carbonyl (C=O) groups excluding carboxylic acids is 3. The number of fused-ring (bicyclic) bond motifs is 1. The molecular weight excluding hydrogens is 535 g/mol. The van der Waals surface area contributed by atoms with Crippen LogP contribution in [0.15, 0.2) is 54.6 Å². The van der Waals surface area contributed by atoms with E-state index in [1.807, 2.05) is 41.3 Å². The van der Waals surface area contributed by atoms with Gasteiger partial charge in [0.1, 0.15) is 0 Å². The minimum absolute atomic E-state index is 0.0298. The molecule has 3 aromatic carbocycles. The molecule has 0 aliphatic carbocycles. The highest BCUT2D eigenvalue weighted by Crippen LogP contribution is 2.31. The molecule has 0 aromatic heterocycles. The second kappa shape index (κ2) is 12.0. The van der Waals surface area contributed by atoms with Crippen LogP contribution in [0.1, 0.15) is 63.9 Å². The van der Waals surface area contributed by atoms with Crippen LogP contribution in [0, 0.1) is 17.5 Å². The highest BCUT2D eigenvalue weighted by Gasteiger charge is 2.29. The van der Waals surface area contributed by atoms with Gasteiger partial charge >= 0.3 is 0 Å². The summed E-state index contributed by atoms with van der Waals surface area (Å²) in [6.07, 6.45) is 1.82. The van der Waals surface area contributed by atoms with E-state index in [-0.39, 0.29) is 30.8 Å². The van der Waals surface area contributed by atoms with E-state index < -0.39 is 34.7 Å². The van der Waals surface area contributed by atoms with Gasteiger partial charge in [0.2, 0.25) is 11.7 Å². The Morgan fingerprint density at radius 3 is 2.39 bits per heavy atom. The summed E-state index contributed by atoms with van der Waals surface area (Å²) in [6, 6.07) is 15.0. The van der Waals surface area contributed by atoms with E-state index in [4.69, 9.17) is 4.74 Å². The van der Waals surface area contributed by atoms with Gasteiger partial charge in [0.05, 0.1) is 12.2 Å². The molecule has 7 nitrogen and oxygen atoms in total. The van der Waals surface area contributed by atoms with Gasteiger partial charge in [0.15, 0.2) is 17.4 Å². The van der Waals surface area contributed by atoms with Crippen molar-refractivity contribution in [3.63, 3.8) is 0 Å². The van der Waals surface area contributed by atoms with Crippen molar-refractivity contribution in [2.75, 3.05) is 31.6 Å². The van der Waals surface area contributed by atoms with Crippen molar-refractivity contribution in [3.8, 4) is 5.75 Å². The lowest BCUT2D eigenvalue weighted by Crippen LogP contribution is -2.39. The summed E-state index contributed by atoms with van der Waals surface area (Å²) < 4.78 is 47.2. The summed E-state index contributed by atoms with van der Waals surface area (Å²) in [7, 11) is 0. The zero-order valence-corrected chi connectivity index (χ0v) is 22.6. The quantitative estimate of drug-likeness (QED) is 0.366. The fourth-order valence-corrected chi connectivity index (χ4v) is 5.40. The number of likely N-dealkylation sites (tertiary alicyclic amines) is 1. The molecule has 0 atom stereocenters. The van der Waals surface area contributed by atoms with E-state index in [0.29, 0.717) is 43.5 Å². The number of hydrogen-bond acceptors (Lipinski definition) is 4. The maximum atomic E-state index is 14.6. The first-order chi connectivity index (χ1) is 19.8. The highest BCUT2D eigenvalue weighted by molar-refractivity contribution is 6.04. The van der Waals surface area contributed by atoms with E-state index in [9.17, 15) is 27.6 Å². The van der Waals surface area contributed by atoms with Crippen LogP contribution in [0.2, 0.25) is 0 Å². The smallest absolute Gasteiger partial charge is 0.258 e. The molecule has 2 aliphatic heterocycles. The number of anilines is 1. The number of rotatable bonds is 8. The molecule has 5 rings (SSSR count). The van der Waals surface area contributed by atoms with Gasteiger partial charge in [-0.3, -0.25) is 14.4 Å². The first-order valence-electron chi connectivity index (χ1n) is 13.6. The van der Waals surface area contributed by atoms with Gasteiger partial charge in [-0.25, -0.2) is 8.78 Å². The molecule has 2 aliphatic rings. The molecule has 0 bridgehead atoms. The maximum Gasteiger partial charge on any atom is 0.258 e. The third kappa shape index (κ3) is 5.91. The van der Waals surface area contributed by atoms with Gasteiger partial charge in [0.25, 0.3) is 11.8 Å². The summed E-state index contributed by atoms with van der Waals surface area (Å²) >= 11 is 0. The molecule has 41 heavy (non-hydrogen) atoms. The third-order valence-electron chi connectivity index (χ3n) is 7.63. The number of amides is 3. The largest absolute Gasteiger partial charge is 0.488 e. The van der Waals surface area contributed by atoms with Gasteiger partial charge in [-0.1, -0.05) is 30.3 Å². The molecule has 1 fully saturated rings. The summed E-state index contributed by atoms with van der Waals surface area (Å²) in [6.45, 7) is 3.53. The molecule has 3 aromatic rings. The normalized spacial score (nSPS) is 15.2. The summed E-state index contributed by atoms with van der Waals surface area (Å²) in [5.41, 5.74) is 2.44. The summed E-state index contributed by atoms with van der Waals surface area (Å²) in [4.78, 5) is 41.5. The van der Waals surface area contributed by atoms with Gasteiger partial charge in [-0.2, -0.15) is 4.39 Å². The average molecular weight is 566 g/mol. The maximum absolute atomic E-state index is 14.6. The number of ether oxygens (including phenoxy) is 1. The summed E-state index contributed by atoms with van der Waals surface area (Å²) in [5, 5.41) is 2.51. The van der Waals surface area contributed by atoms with Crippen LogP contribution in [0.5, 0.6) is 5.75 Å². The van der Waals surface area contributed by atoms with Crippen LogP contribution in [0.3, 0.4) is 0 Å². The Morgan fingerprint density at radius 1 is 1.00 bits per heavy atom. The molecule has 0 spiro atoms. The van der Waals surface area contributed by atoms with Crippen molar-refractivity contribution < 1.29 is 32.3 Å². The van der Waals surface area contributed by atoms with E-state index in [1.54, 1.807) is 17.0 Å². The number of piperidine rings is 1. The van der Waals surface area contributed by atoms with Crippen molar-refractivity contribution in [2.45, 2.75) is 38.6 Å². The molecule has 1 saturated heterocycles. The monoisotopic (exact) mass is 565 g/mol. The number of nitrogens with one attached hydrogen (secondary N) is 1. The Kier molecular flexibility index (Phi) is 8.28. The average Bonchev–Trinajstić information content (AvgIpc) is 3.31. The fourth-order valence-electron chi connectivity index (χ4n) is 5.40. The van der Waals surface area contributed by atoms with E-state index in [2.05, 4.69) is 5.32 Å². The predicted octanol–water partition coefficient (Wildman–Crippen LogP) is 5.51. The number of hydrogen-bond donors (Lipinski definition) is 1. The first kappa shape index (κ1) is 28.2. The second-order valence-electron chi connectivity index (χ2n) is 10.2. The Hall–Kier alpha value is -4.34. The van der Waals surface area contributed by atoms with Crippen LogP contribution < -0.4 is 10.1 Å². The topological polar surface area (TPSA) is 79.0 Å². The molecular formula is C31H30F3N3O4. The lowest BCUT2D eigenvalue weighted by molar-refractivity contribution is -0.132. The van der Waals surface area contributed by atoms with Crippen LogP contribution in [-0.2, 0) is 11.3 Å². The van der Waals surface area contributed by atoms with Crippen LogP contribution >= 0.6 is 0 Å². The summed E-state index contributed by atoms with van der Waals surface area (Å²) in [5.74, 6) is -5.76. The molecule has 0 saturated carbocycles. The van der Waals surface area contributed by atoms with Gasteiger partial charge in [-0.05, 0) is 61.1 Å². The fraction of sp³-hybridized carbons (Fsp3) is 0.323. The highest BCUT2D eigenvalue weighted by atomic mass is 19.2. The molecule has 0 radical (unpaired) electrons. The predicted molar refractivity (Wildman–Crippen MR) is 146 cm³/mol. The SMILES string of the molecule is CCOc1c(F)c(F)cc(C(=O)Nc2ccc(C3CCN(C(=O)CCN4Cc5ccccc5C4=O)CC3)cc2)c1F. The number of carbonyl (C=O) groups is 3. The van der Waals surface area contributed by atoms with Crippen molar-refractivity contribution in [3.05, 3.63) is 94.3 Å². The molecule has 0 unspecified atom stereocenters. The number of benzene rings is 3. The van der Waals surface area contributed by atoms with Gasteiger partial charge < -0.3 is 19.9 Å². The molecule has 3 amide bonds. The molecule has 2 heterocycles. The second-order valence-corrected chi connectivity index (χ2v) is 10.2. The Bertz CT molecular complexity index is 1470. The molecule has 1 N–H and O–H groups in total. The van der Waals surface area contributed by atoms with Crippen LogP contribution in [-0.4, -0.2) is 53.8 Å². The molecule has 214 valence electrons. The molecule has 10 heteroatoms. The van der Waals surface area contributed by atoms with Crippen LogP contribution in [0.4, 0.5) is 18.9 Å². The van der Waals surface area contributed by atoms with Crippen LogP contribution in [0.25, 0.3) is 0 Å². The number of nitrogens with zero attached hydrogens (tertiary/aromatic N) is 2. The van der Waals surface area contributed by atoms with Gasteiger partial charge in [-0.15, -0.1) is 0 Å². The minimum Gasteiger partial charge on any atom is -0.488 e. The van der Waals surface area contributed by atoms with Crippen molar-refractivity contribution >= 4 is 23.4 Å². The lowest BCUT2D eigenvalue weighted by Gasteiger charge is -2.32. The Morgan fingerprint density at radius 2 is 1.71 bits per heavy atom. The van der Waals surface area contributed by atoms with E-state index >= 15 is 0 Å². The van der Waals surface area contributed by atoms with E-state index in [1.165, 1.54) is 6.92 Å². The Labute approximate surface area is 235 Å². The number of halogens is 3. The Balaban J connectivity index is 1.12. The van der Waals surface area contributed by atoms with Crippen molar-refractivity contribution in [1.29, 1.82) is 0 Å². The van der Waals surface area contributed by atoms with Crippen molar-refractivity contribution in [2.24, 2.45) is 0 Å². The minimum atomic E-state index is -1.48. The van der Waals surface area contributed by atoms with E-state index in [0.717, 1.165) is 24.0 Å². The standard InChI is InChI=1S/C31H30F3N3O4/c1-2-41-29-27(33)24(17-25(32)28(29)34)30(39)35-22-9-7-19(8-10-22)20-11-14-36(15-12-20)26(38)13-16-37-18-21-5-3-4-6-23(21)31(37)40/h3-10,17,20H,2,11-16,18H2,1H3,(H,35,39). The lowest BCUT2D eigenvalue weighted by atomic mass is 9.89.